The van der Waals surface area contributed by atoms with Crippen molar-refractivity contribution >= 4 is 29.9 Å². The van der Waals surface area contributed by atoms with E-state index in [0.717, 1.165) is 37.1 Å². The van der Waals surface area contributed by atoms with Gasteiger partial charge in [0, 0.05) is 38.3 Å². The second-order valence-electron chi connectivity index (χ2n) is 7.35. The first-order chi connectivity index (χ1) is 12.6. The van der Waals surface area contributed by atoms with Gasteiger partial charge in [0.2, 0.25) is 0 Å². The normalized spacial score (nSPS) is 24.4. The number of ether oxygens (including phenoxy) is 1. The molecule has 0 radical (unpaired) electrons. The molecule has 1 saturated carbocycles. The predicted molar refractivity (Wildman–Crippen MR) is 118 cm³/mol. The van der Waals surface area contributed by atoms with Crippen molar-refractivity contribution in [3.63, 3.8) is 0 Å². The van der Waals surface area contributed by atoms with Crippen molar-refractivity contribution in [2.75, 3.05) is 26.7 Å². The number of likely N-dealkylation sites (tertiary alicyclic amines) is 1. The highest BCUT2D eigenvalue weighted by molar-refractivity contribution is 14.0. The number of hydrogen-bond donors (Lipinski definition) is 2. The summed E-state index contributed by atoms with van der Waals surface area (Å²) in [7, 11) is 1.66. The highest BCUT2D eigenvalue weighted by Crippen LogP contribution is 2.33. The molecule has 1 aromatic carbocycles. The Hall–Kier alpha value is -0.930. The van der Waals surface area contributed by atoms with Gasteiger partial charge in [0.15, 0.2) is 5.96 Å². The topological polar surface area (TPSA) is 48.9 Å². The van der Waals surface area contributed by atoms with Crippen molar-refractivity contribution in [3.05, 3.63) is 35.6 Å². The molecule has 152 valence electrons. The average Bonchev–Trinajstić information content (AvgIpc) is 3.40. The Kier molecular flexibility index (Phi) is 8.75. The van der Waals surface area contributed by atoms with Crippen molar-refractivity contribution in [2.24, 2.45) is 4.99 Å². The molecular weight excluding hydrogens is 458 g/mol. The molecule has 0 aromatic heterocycles. The summed E-state index contributed by atoms with van der Waals surface area (Å²) in [6.45, 7) is 6.78. The fourth-order valence-corrected chi connectivity index (χ4v) is 3.76. The molecule has 2 aliphatic rings. The Balaban J connectivity index is 0.00000261. The minimum atomic E-state index is -0.238. The first kappa shape index (κ1) is 22.4. The average molecular weight is 490 g/mol. The quantitative estimate of drug-likeness (QED) is 0.350. The molecule has 0 amide bonds. The summed E-state index contributed by atoms with van der Waals surface area (Å²) in [6.07, 6.45) is 3.65. The molecule has 5 nitrogen and oxygen atoms in total. The van der Waals surface area contributed by atoms with Crippen LogP contribution in [0.3, 0.4) is 0 Å². The van der Waals surface area contributed by atoms with Gasteiger partial charge in [-0.2, -0.15) is 0 Å². The van der Waals surface area contributed by atoms with Gasteiger partial charge < -0.3 is 15.4 Å². The number of guanidine groups is 1. The van der Waals surface area contributed by atoms with E-state index >= 15 is 0 Å². The van der Waals surface area contributed by atoms with E-state index in [0.29, 0.717) is 18.6 Å². The SMILES string of the molecule is CCNC(=NCC(OC)c1ccc(F)cc1)NC1CC(C)N(C2CC2)C1.I. The smallest absolute Gasteiger partial charge is 0.191 e. The number of rotatable bonds is 7. The van der Waals surface area contributed by atoms with Gasteiger partial charge in [0.05, 0.1) is 6.54 Å². The number of benzene rings is 1. The molecule has 3 unspecified atom stereocenters. The highest BCUT2D eigenvalue weighted by Gasteiger charge is 2.38. The Bertz CT molecular complexity index is 609. The maximum absolute atomic E-state index is 13.1. The lowest BCUT2D eigenvalue weighted by atomic mass is 10.1. The fraction of sp³-hybridized carbons (Fsp3) is 0.650. The molecule has 3 rings (SSSR count). The number of halogens is 2. The van der Waals surface area contributed by atoms with Crippen molar-refractivity contribution < 1.29 is 9.13 Å². The minimum absolute atomic E-state index is 0. The Labute approximate surface area is 179 Å². The van der Waals surface area contributed by atoms with Gasteiger partial charge in [-0.3, -0.25) is 9.89 Å². The van der Waals surface area contributed by atoms with Crippen molar-refractivity contribution in [3.8, 4) is 0 Å². The number of hydrogen-bond acceptors (Lipinski definition) is 3. The summed E-state index contributed by atoms with van der Waals surface area (Å²) in [4.78, 5) is 7.34. The fourth-order valence-electron chi connectivity index (χ4n) is 3.76. The molecule has 1 aliphatic carbocycles. The van der Waals surface area contributed by atoms with Crippen molar-refractivity contribution in [2.45, 2.75) is 57.3 Å². The monoisotopic (exact) mass is 490 g/mol. The molecule has 0 spiro atoms. The molecule has 1 aromatic rings. The molecule has 1 saturated heterocycles. The van der Waals surface area contributed by atoms with Crippen LogP contribution in [0.1, 0.15) is 44.8 Å². The first-order valence-corrected chi connectivity index (χ1v) is 9.69. The van der Waals surface area contributed by atoms with Crippen LogP contribution >= 0.6 is 24.0 Å². The molecule has 2 fully saturated rings. The second-order valence-corrected chi connectivity index (χ2v) is 7.35. The van der Waals surface area contributed by atoms with Crippen molar-refractivity contribution in [1.82, 2.24) is 15.5 Å². The third-order valence-electron chi connectivity index (χ3n) is 5.27. The van der Waals surface area contributed by atoms with Crippen LogP contribution in [-0.2, 0) is 4.74 Å². The summed E-state index contributed by atoms with van der Waals surface area (Å²) >= 11 is 0. The predicted octanol–water partition coefficient (Wildman–Crippen LogP) is 3.31. The van der Waals surface area contributed by atoms with E-state index in [1.54, 1.807) is 19.2 Å². The molecular formula is C20H32FIN4O. The van der Waals surface area contributed by atoms with Gasteiger partial charge in [-0.15, -0.1) is 24.0 Å². The maximum Gasteiger partial charge on any atom is 0.191 e. The third kappa shape index (κ3) is 6.29. The lowest BCUT2D eigenvalue weighted by molar-refractivity contribution is 0.111. The standard InChI is InChI=1S/C20H31FN4O.HI/c1-4-22-20(24-17-11-14(2)25(13-17)18-9-10-18)23-12-19(26-3)15-5-7-16(21)8-6-15;/h5-8,14,17-19H,4,9-13H2,1-3H3,(H2,22,23,24);1H. The zero-order chi connectivity index (χ0) is 18.5. The number of nitrogens with zero attached hydrogens (tertiary/aromatic N) is 2. The molecule has 27 heavy (non-hydrogen) atoms. The summed E-state index contributed by atoms with van der Waals surface area (Å²) < 4.78 is 18.7. The number of methoxy groups -OCH3 is 1. The Morgan fingerprint density at radius 1 is 1.33 bits per heavy atom. The molecule has 0 bridgehead atoms. The zero-order valence-electron chi connectivity index (χ0n) is 16.5. The molecule has 2 N–H and O–H groups in total. The largest absolute Gasteiger partial charge is 0.375 e. The van der Waals surface area contributed by atoms with E-state index in [9.17, 15) is 4.39 Å². The summed E-state index contributed by atoms with van der Waals surface area (Å²) in [5.74, 6) is 0.587. The number of nitrogens with one attached hydrogen (secondary N) is 2. The minimum Gasteiger partial charge on any atom is -0.375 e. The van der Waals surface area contributed by atoms with Crippen LogP contribution in [0, 0.1) is 5.82 Å². The van der Waals surface area contributed by atoms with E-state index in [4.69, 9.17) is 9.73 Å². The van der Waals surface area contributed by atoms with Crippen LogP contribution < -0.4 is 10.6 Å². The van der Waals surface area contributed by atoms with Crippen LogP contribution in [0.15, 0.2) is 29.3 Å². The van der Waals surface area contributed by atoms with Crippen molar-refractivity contribution in [1.29, 1.82) is 0 Å². The second kappa shape index (κ2) is 10.6. The van der Waals surface area contributed by atoms with E-state index < -0.39 is 0 Å². The Morgan fingerprint density at radius 3 is 2.63 bits per heavy atom. The van der Waals surface area contributed by atoms with Gasteiger partial charge in [-0.25, -0.2) is 4.39 Å². The molecule has 3 atom stereocenters. The highest BCUT2D eigenvalue weighted by atomic mass is 127. The lowest BCUT2D eigenvalue weighted by Crippen LogP contribution is -2.45. The lowest BCUT2D eigenvalue weighted by Gasteiger charge is -2.20. The van der Waals surface area contributed by atoms with Gasteiger partial charge in [0.1, 0.15) is 11.9 Å². The summed E-state index contributed by atoms with van der Waals surface area (Å²) in [6, 6.07) is 8.29. The summed E-state index contributed by atoms with van der Waals surface area (Å²) in [5.41, 5.74) is 0.933. The molecule has 1 aliphatic heterocycles. The van der Waals surface area contributed by atoms with Gasteiger partial charge in [-0.05, 0) is 50.8 Å². The van der Waals surface area contributed by atoms with Crippen LogP contribution in [0.2, 0.25) is 0 Å². The van der Waals surface area contributed by atoms with Gasteiger partial charge >= 0.3 is 0 Å². The summed E-state index contributed by atoms with van der Waals surface area (Å²) in [5, 5.41) is 6.91. The van der Waals surface area contributed by atoms with E-state index in [-0.39, 0.29) is 35.9 Å². The van der Waals surface area contributed by atoms with Crippen LogP contribution in [0.4, 0.5) is 4.39 Å². The molecule has 7 heteroatoms. The maximum atomic E-state index is 13.1. The first-order valence-electron chi connectivity index (χ1n) is 9.69. The van der Waals surface area contributed by atoms with Crippen LogP contribution in [0.25, 0.3) is 0 Å². The third-order valence-corrected chi connectivity index (χ3v) is 5.27. The van der Waals surface area contributed by atoms with E-state index in [1.165, 1.54) is 25.0 Å². The van der Waals surface area contributed by atoms with E-state index in [1.807, 2.05) is 0 Å². The van der Waals surface area contributed by atoms with Gasteiger partial charge in [0.25, 0.3) is 0 Å². The van der Waals surface area contributed by atoms with Crippen LogP contribution in [0.5, 0.6) is 0 Å². The van der Waals surface area contributed by atoms with Gasteiger partial charge in [-0.1, -0.05) is 12.1 Å². The Morgan fingerprint density at radius 2 is 2.04 bits per heavy atom. The molecule has 1 heterocycles. The van der Waals surface area contributed by atoms with Crippen LogP contribution in [-0.4, -0.2) is 55.7 Å². The number of aliphatic imine (C=N–C) groups is 1. The van der Waals surface area contributed by atoms with E-state index in [2.05, 4.69) is 29.4 Å². The zero-order valence-corrected chi connectivity index (χ0v) is 18.8.